The van der Waals surface area contributed by atoms with Crippen molar-refractivity contribution >= 4 is 27.8 Å². The van der Waals surface area contributed by atoms with Crippen LogP contribution in [-0.4, -0.2) is 6.29 Å². The Labute approximate surface area is 210 Å². The van der Waals surface area contributed by atoms with Gasteiger partial charge in [-0.25, -0.2) is 0 Å². The van der Waals surface area contributed by atoms with Crippen molar-refractivity contribution in [2.75, 3.05) is 0 Å². The SMILES string of the molecule is O=Cc1ccccc1C#Cc1cccc(-c2c3ccccc3c(-c3ccccc3)c3ccccc23)c1. The Balaban J connectivity index is 1.59. The van der Waals surface area contributed by atoms with Crippen molar-refractivity contribution in [1.29, 1.82) is 0 Å². The van der Waals surface area contributed by atoms with Gasteiger partial charge in [-0.3, -0.25) is 4.79 Å². The predicted octanol–water partition coefficient (Wildman–Crippen LogP) is 8.54. The van der Waals surface area contributed by atoms with E-state index in [1.54, 1.807) is 6.07 Å². The van der Waals surface area contributed by atoms with Crippen molar-refractivity contribution in [2.45, 2.75) is 0 Å². The summed E-state index contributed by atoms with van der Waals surface area (Å²) in [4.78, 5) is 11.4. The maximum absolute atomic E-state index is 11.4. The third-order valence-corrected chi connectivity index (χ3v) is 6.57. The van der Waals surface area contributed by atoms with Crippen molar-refractivity contribution < 1.29 is 4.79 Å². The van der Waals surface area contributed by atoms with E-state index in [4.69, 9.17) is 0 Å². The highest BCUT2D eigenvalue weighted by Gasteiger charge is 2.16. The lowest BCUT2D eigenvalue weighted by Gasteiger charge is -2.17. The standard InChI is InChI=1S/C35H22O/c36-24-29-15-5-4-12-26(29)22-21-25-11-10-16-28(23-25)35-32-19-8-6-17-30(32)34(27-13-2-1-3-14-27)31-18-7-9-20-33(31)35/h1-20,23-24H. The van der Waals surface area contributed by atoms with Crippen LogP contribution < -0.4 is 0 Å². The van der Waals surface area contributed by atoms with Gasteiger partial charge in [-0.1, -0.05) is 121 Å². The molecule has 0 N–H and O–H groups in total. The molecule has 6 aromatic carbocycles. The highest BCUT2D eigenvalue weighted by molar-refractivity contribution is 6.21. The van der Waals surface area contributed by atoms with E-state index in [1.807, 2.05) is 24.3 Å². The van der Waals surface area contributed by atoms with E-state index in [0.29, 0.717) is 5.56 Å². The first kappa shape index (κ1) is 21.6. The summed E-state index contributed by atoms with van der Waals surface area (Å²) in [7, 11) is 0. The molecule has 0 unspecified atom stereocenters. The summed E-state index contributed by atoms with van der Waals surface area (Å²) in [5, 5.41) is 4.89. The first-order valence-electron chi connectivity index (χ1n) is 12.0. The van der Waals surface area contributed by atoms with Crippen molar-refractivity contribution in [3.63, 3.8) is 0 Å². The summed E-state index contributed by atoms with van der Waals surface area (Å²) in [5.41, 5.74) is 7.05. The second-order valence-corrected chi connectivity index (χ2v) is 8.74. The van der Waals surface area contributed by atoms with Crippen LogP contribution in [0.1, 0.15) is 21.5 Å². The van der Waals surface area contributed by atoms with Gasteiger partial charge in [0.05, 0.1) is 0 Å². The average Bonchev–Trinajstić information content (AvgIpc) is 2.95. The van der Waals surface area contributed by atoms with Crippen LogP contribution in [-0.2, 0) is 0 Å². The zero-order valence-corrected chi connectivity index (χ0v) is 19.6. The van der Waals surface area contributed by atoms with Gasteiger partial charge < -0.3 is 0 Å². The molecule has 0 fully saturated rings. The fraction of sp³-hybridized carbons (Fsp3) is 0. The summed E-state index contributed by atoms with van der Waals surface area (Å²) < 4.78 is 0. The molecule has 0 saturated carbocycles. The topological polar surface area (TPSA) is 17.1 Å². The van der Waals surface area contributed by atoms with Crippen molar-refractivity contribution in [2.24, 2.45) is 0 Å². The van der Waals surface area contributed by atoms with Gasteiger partial charge in [0, 0.05) is 16.7 Å². The van der Waals surface area contributed by atoms with Gasteiger partial charge in [-0.2, -0.15) is 0 Å². The molecule has 0 aromatic heterocycles. The largest absolute Gasteiger partial charge is 0.298 e. The smallest absolute Gasteiger partial charge is 0.151 e. The van der Waals surface area contributed by atoms with Gasteiger partial charge in [0.2, 0.25) is 0 Å². The van der Waals surface area contributed by atoms with Crippen molar-refractivity contribution in [1.82, 2.24) is 0 Å². The van der Waals surface area contributed by atoms with E-state index >= 15 is 0 Å². The lowest BCUT2D eigenvalue weighted by atomic mass is 9.86. The maximum Gasteiger partial charge on any atom is 0.151 e. The monoisotopic (exact) mass is 458 g/mol. The van der Waals surface area contributed by atoms with E-state index in [-0.39, 0.29) is 0 Å². The van der Waals surface area contributed by atoms with Gasteiger partial charge in [-0.15, -0.1) is 0 Å². The number of hydrogen-bond donors (Lipinski definition) is 0. The third kappa shape index (κ3) is 3.86. The molecule has 0 aliphatic carbocycles. The first-order chi connectivity index (χ1) is 17.8. The number of carbonyl (C=O) groups excluding carboxylic acids is 1. The molecular formula is C35H22O. The lowest BCUT2D eigenvalue weighted by Crippen LogP contribution is -1.91. The van der Waals surface area contributed by atoms with E-state index in [2.05, 4.69) is 109 Å². The second kappa shape index (κ2) is 9.37. The van der Waals surface area contributed by atoms with Crippen LogP contribution in [0.25, 0.3) is 43.8 Å². The molecule has 36 heavy (non-hydrogen) atoms. The predicted molar refractivity (Wildman–Crippen MR) is 150 cm³/mol. The Morgan fingerprint density at radius 3 is 1.64 bits per heavy atom. The normalized spacial score (nSPS) is 10.7. The minimum absolute atomic E-state index is 0.606. The van der Waals surface area contributed by atoms with Gasteiger partial charge in [0.15, 0.2) is 6.29 Å². The molecule has 0 atom stereocenters. The zero-order valence-electron chi connectivity index (χ0n) is 19.6. The maximum atomic E-state index is 11.4. The molecule has 6 aromatic rings. The molecule has 0 radical (unpaired) electrons. The molecule has 0 bridgehead atoms. The zero-order chi connectivity index (χ0) is 24.3. The molecule has 0 amide bonds. The van der Waals surface area contributed by atoms with Crippen molar-refractivity contribution in [3.8, 4) is 34.1 Å². The number of carbonyl (C=O) groups is 1. The molecule has 0 aliphatic heterocycles. The average molecular weight is 459 g/mol. The van der Waals surface area contributed by atoms with Gasteiger partial charge in [-0.05, 0) is 62.0 Å². The van der Waals surface area contributed by atoms with Crippen molar-refractivity contribution in [3.05, 3.63) is 144 Å². The molecule has 0 saturated heterocycles. The fourth-order valence-electron chi connectivity index (χ4n) is 4.96. The van der Waals surface area contributed by atoms with E-state index in [9.17, 15) is 4.79 Å². The second-order valence-electron chi connectivity index (χ2n) is 8.74. The van der Waals surface area contributed by atoms with Crippen LogP contribution in [0.3, 0.4) is 0 Å². The van der Waals surface area contributed by atoms with E-state index in [0.717, 1.165) is 23.0 Å². The van der Waals surface area contributed by atoms with E-state index < -0.39 is 0 Å². The number of fused-ring (bicyclic) bond motifs is 2. The molecule has 0 heterocycles. The molecular weight excluding hydrogens is 436 g/mol. The molecule has 6 rings (SSSR count). The third-order valence-electron chi connectivity index (χ3n) is 6.57. The Morgan fingerprint density at radius 1 is 0.472 bits per heavy atom. The fourth-order valence-corrected chi connectivity index (χ4v) is 4.96. The van der Waals surface area contributed by atoms with Gasteiger partial charge in [0.25, 0.3) is 0 Å². The number of rotatable bonds is 3. The van der Waals surface area contributed by atoms with Crippen LogP contribution >= 0.6 is 0 Å². The van der Waals surface area contributed by atoms with Crippen LogP contribution in [0.5, 0.6) is 0 Å². The summed E-state index contributed by atoms with van der Waals surface area (Å²) in [6.07, 6.45) is 0.854. The quantitative estimate of drug-likeness (QED) is 0.147. The Morgan fingerprint density at radius 2 is 1.00 bits per heavy atom. The molecule has 0 spiro atoms. The Kier molecular flexibility index (Phi) is 5.62. The summed E-state index contributed by atoms with van der Waals surface area (Å²) >= 11 is 0. The van der Waals surface area contributed by atoms with Crippen LogP contribution in [0.2, 0.25) is 0 Å². The van der Waals surface area contributed by atoms with Gasteiger partial charge >= 0.3 is 0 Å². The molecule has 1 heteroatoms. The molecule has 0 aliphatic rings. The lowest BCUT2D eigenvalue weighted by molar-refractivity contribution is 0.112. The number of hydrogen-bond acceptors (Lipinski definition) is 1. The minimum Gasteiger partial charge on any atom is -0.298 e. The molecule has 1 nitrogen and oxygen atoms in total. The van der Waals surface area contributed by atoms with Crippen LogP contribution in [0.4, 0.5) is 0 Å². The molecule has 168 valence electrons. The summed E-state index contributed by atoms with van der Waals surface area (Å²) in [5.74, 6) is 6.45. The Hall–Kier alpha value is -4.93. The summed E-state index contributed by atoms with van der Waals surface area (Å²) in [6, 6.07) is 43.7. The number of benzene rings is 6. The number of aldehydes is 1. The first-order valence-corrected chi connectivity index (χ1v) is 12.0. The summed E-state index contributed by atoms with van der Waals surface area (Å²) in [6.45, 7) is 0. The van der Waals surface area contributed by atoms with E-state index in [1.165, 1.54) is 38.2 Å². The highest BCUT2D eigenvalue weighted by Crippen LogP contribution is 2.43. The highest BCUT2D eigenvalue weighted by atomic mass is 16.1. The van der Waals surface area contributed by atoms with Crippen LogP contribution in [0, 0.1) is 11.8 Å². The minimum atomic E-state index is 0.606. The Bertz CT molecular complexity index is 1740. The van der Waals surface area contributed by atoms with Crippen LogP contribution in [0.15, 0.2) is 127 Å². The van der Waals surface area contributed by atoms with Gasteiger partial charge in [0.1, 0.15) is 0 Å².